The topological polar surface area (TPSA) is 95.7 Å². The molecule has 30 heavy (non-hydrogen) atoms. The van der Waals surface area contributed by atoms with Crippen molar-refractivity contribution in [3.8, 4) is 0 Å². The second-order valence-electron chi connectivity index (χ2n) is 6.59. The van der Waals surface area contributed by atoms with E-state index in [2.05, 4.69) is 0 Å². The number of fused-ring (bicyclic) bond motifs is 1. The van der Waals surface area contributed by atoms with Gasteiger partial charge >= 0.3 is 11.9 Å². The summed E-state index contributed by atoms with van der Waals surface area (Å²) in [6.45, 7) is 0. The van der Waals surface area contributed by atoms with E-state index in [0.717, 1.165) is 0 Å². The number of nitrogens with zero attached hydrogens (tertiary/aromatic N) is 1. The summed E-state index contributed by atoms with van der Waals surface area (Å²) >= 11 is 5.97. The minimum atomic E-state index is -0.933. The van der Waals surface area contributed by atoms with E-state index < -0.39 is 29.1 Å². The Balaban J connectivity index is 1.68. The Morgan fingerprint density at radius 1 is 1.03 bits per heavy atom. The first kappa shape index (κ1) is 19.6. The highest BCUT2D eigenvalue weighted by Gasteiger charge is 2.39. The molecule has 1 aliphatic rings. The summed E-state index contributed by atoms with van der Waals surface area (Å²) in [5.41, 5.74) is 1.60. The number of benzene rings is 3. The minimum absolute atomic E-state index is 0.136. The third kappa shape index (κ3) is 3.75. The molecule has 0 aromatic heterocycles. The van der Waals surface area contributed by atoms with Crippen molar-refractivity contribution in [2.75, 3.05) is 0 Å². The Hall–Kier alpha value is -3.71. The molecule has 0 bridgehead atoms. The van der Waals surface area contributed by atoms with E-state index in [9.17, 15) is 19.7 Å². The Morgan fingerprint density at radius 3 is 2.37 bits per heavy atom. The van der Waals surface area contributed by atoms with Crippen LogP contribution < -0.4 is 0 Å². The molecule has 0 spiro atoms. The van der Waals surface area contributed by atoms with Gasteiger partial charge in [-0.25, -0.2) is 9.59 Å². The third-order valence-electron chi connectivity index (χ3n) is 4.74. The number of carbonyl (C=O) groups excluding carboxylic acids is 2. The second kappa shape index (κ2) is 7.96. The van der Waals surface area contributed by atoms with Crippen LogP contribution in [0.25, 0.3) is 0 Å². The molecule has 0 N–H and O–H groups in total. The van der Waals surface area contributed by atoms with Crippen LogP contribution in [0.5, 0.6) is 0 Å². The number of hydrogen-bond acceptors (Lipinski definition) is 6. The van der Waals surface area contributed by atoms with Gasteiger partial charge in [-0.05, 0) is 35.9 Å². The van der Waals surface area contributed by atoms with Gasteiger partial charge in [-0.1, -0.05) is 41.9 Å². The first-order valence-corrected chi connectivity index (χ1v) is 9.32. The van der Waals surface area contributed by atoms with E-state index in [1.54, 1.807) is 48.5 Å². The van der Waals surface area contributed by atoms with E-state index in [-0.39, 0.29) is 11.3 Å². The zero-order valence-corrected chi connectivity index (χ0v) is 16.1. The predicted octanol–water partition coefficient (Wildman–Crippen LogP) is 5.06. The highest BCUT2D eigenvalue weighted by molar-refractivity contribution is 6.30. The molecule has 3 aromatic rings. The normalized spacial score (nSPS) is 15.8. The average molecular weight is 424 g/mol. The van der Waals surface area contributed by atoms with E-state index in [1.807, 2.05) is 0 Å². The summed E-state index contributed by atoms with van der Waals surface area (Å²) in [6.07, 6.45) is -1.77. The molecule has 0 saturated heterocycles. The van der Waals surface area contributed by atoms with Crippen LogP contribution >= 0.6 is 11.6 Å². The maximum Gasteiger partial charge on any atom is 0.339 e. The Morgan fingerprint density at radius 2 is 1.70 bits per heavy atom. The van der Waals surface area contributed by atoms with E-state index in [0.29, 0.717) is 21.7 Å². The van der Waals surface area contributed by atoms with Gasteiger partial charge in [0.15, 0.2) is 12.2 Å². The first-order chi connectivity index (χ1) is 14.4. The van der Waals surface area contributed by atoms with Gasteiger partial charge in [0.05, 0.1) is 16.1 Å². The van der Waals surface area contributed by atoms with Crippen molar-refractivity contribution in [3.63, 3.8) is 0 Å². The number of non-ortho nitro benzene ring substituents is 1. The van der Waals surface area contributed by atoms with Gasteiger partial charge in [0.1, 0.15) is 0 Å². The Bertz CT molecular complexity index is 1130. The third-order valence-corrected chi connectivity index (χ3v) is 4.99. The smallest absolute Gasteiger partial charge is 0.339 e. The molecule has 4 rings (SSSR count). The molecular formula is C22H14ClNO6. The van der Waals surface area contributed by atoms with Crippen molar-refractivity contribution in [2.24, 2.45) is 0 Å². The lowest BCUT2D eigenvalue weighted by molar-refractivity contribution is -0.384. The van der Waals surface area contributed by atoms with Gasteiger partial charge in [0.25, 0.3) is 5.69 Å². The maximum absolute atomic E-state index is 12.8. The fraction of sp³-hybridized carbons (Fsp3) is 0.0909. The summed E-state index contributed by atoms with van der Waals surface area (Å²) in [7, 11) is 0. The number of cyclic esters (lactones) is 1. The van der Waals surface area contributed by atoms with Crippen molar-refractivity contribution >= 4 is 29.2 Å². The lowest BCUT2D eigenvalue weighted by Crippen LogP contribution is -2.19. The van der Waals surface area contributed by atoms with Crippen LogP contribution in [0.3, 0.4) is 0 Å². The average Bonchev–Trinajstić information content (AvgIpc) is 3.09. The van der Waals surface area contributed by atoms with Crippen molar-refractivity contribution < 1.29 is 24.0 Å². The van der Waals surface area contributed by atoms with Gasteiger partial charge in [-0.2, -0.15) is 0 Å². The molecule has 0 saturated carbocycles. The number of carbonyl (C=O) groups is 2. The van der Waals surface area contributed by atoms with Crippen molar-refractivity contribution in [1.29, 1.82) is 0 Å². The van der Waals surface area contributed by atoms with Gasteiger partial charge < -0.3 is 9.47 Å². The van der Waals surface area contributed by atoms with Crippen molar-refractivity contribution in [1.82, 2.24) is 0 Å². The minimum Gasteiger partial charge on any atom is -0.450 e. The molecule has 150 valence electrons. The fourth-order valence-corrected chi connectivity index (χ4v) is 3.38. The number of esters is 2. The molecule has 2 atom stereocenters. The quantitative estimate of drug-likeness (QED) is 0.323. The lowest BCUT2D eigenvalue weighted by Gasteiger charge is -2.24. The number of nitro benzene ring substituents is 1. The number of nitro groups is 1. The molecule has 7 nitrogen and oxygen atoms in total. The van der Waals surface area contributed by atoms with Crippen LogP contribution in [0.15, 0.2) is 72.8 Å². The van der Waals surface area contributed by atoms with Crippen LogP contribution in [0.1, 0.15) is 44.1 Å². The molecule has 1 heterocycles. The largest absolute Gasteiger partial charge is 0.450 e. The first-order valence-electron chi connectivity index (χ1n) is 8.95. The molecule has 0 unspecified atom stereocenters. The van der Waals surface area contributed by atoms with Crippen LogP contribution in [0.4, 0.5) is 5.69 Å². The predicted molar refractivity (Wildman–Crippen MR) is 107 cm³/mol. The molecule has 0 fully saturated rings. The SMILES string of the molecule is O=C(O[C@@H](c1ccc(Cl)cc1)[C@@H]1OC(=O)c2ccccc21)c1ccc([N+](=O)[O-])cc1. The summed E-state index contributed by atoms with van der Waals surface area (Å²) in [5.74, 6) is -1.20. The Kier molecular flexibility index (Phi) is 5.20. The van der Waals surface area contributed by atoms with Crippen molar-refractivity contribution in [3.05, 3.63) is 110 Å². The zero-order valence-electron chi connectivity index (χ0n) is 15.4. The molecule has 3 aromatic carbocycles. The van der Waals surface area contributed by atoms with Gasteiger partial charge in [0, 0.05) is 22.7 Å². The Labute approximate surface area is 176 Å². The molecule has 0 aliphatic carbocycles. The highest BCUT2D eigenvalue weighted by atomic mass is 35.5. The van der Waals surface area contributed by atoms with Crippen LogP contribution in [-0.4, -0.2) is 16.9 Å². The van der Waals surface area contributed by atoms with Crippen LogP contribution in [0.2, 0.25) is 5.02 Å². The molecular weight excluding hydrogens is 410 g/mol. The number of halogens is 1. The molecule has 0 amide bonds. The highest BCUT2D eigenvalue weighted by Crippen LogP contribution is 2.42. The lowest BCUT2D eigenvalue weighted by atomic mass is 9.96. The molecule has 0 radical (unpaired) electrons. The zero-order chi connectivity index (χ0) is 21.3. The van der Waals surface area contributed by atoms with Crippen LogP contribution in [-0.2, 0) is 9.47 Å². The monoisotopic (exact) mass is 423 g/mol. The van der Waals surface area contributed by atoms with Crippen molar-refractivity contribution in [2.45, 2.75) is 12.2 Å². The number of rotatable bonds is 5. The maximum atomic E-state index is 12.8. The van der Waals surface area contributed by atoms with E-state index in [4.69, 9.17) is 21.1 Å². The second-order valence-corrected chi connectivity index (χ2v) is 7.03. The van der Waals surface area contributed by atoms with E-state index >= 15 is 0 Å². The summed E-state index contributed by atoms with van der Waals surface area (Å²) in [4.78, 5) is 35.3. The van der Waals surface area contributed by atoms with Crippen LogP contribution in [0, 0.1) is 10.1 Å². The summed E-state index contributed by atoms with van der Waals surface area (Å²) in [6, 6.07) is 18.6. The van der Waals surface area contributed by atoms with Gasteiger partial charge in [-0.15, -0.1) is 0 Å². The number of hydrogen-bond donors (Lipinski definition) is 0. The number of ether oxygens (including phenoxy) is 2. The summed E-state index contributed by atoms with van der Waals surface area (Å²) < 4.78 is 11.3. The fourth-order valence-electron chi connectivity index (χ4n) is 3.26. The van der Waals surface area contributed by atoms with E-state index in [1.165, 1.54) is 24.3 Å². The molecule has 1 aliphatic heterocycles. The molecule has 8 heteroatoms. The van der Waals surface area contributed by atoms with Gasteiger partial charge in [-0.3, -0.25) is 10.1 Å². The van der Waals surface area contributed by atoms with Gasteiger partial charge in [0.2, 0.25) is 0 Å². The standard InChI is InChI=1S/C22H14ClNO6/c23-15-9-5-13(6-10-15)19(20-17-3-1-2-4-18(17)22(26)30-20)29-21(25)14-7-11-16(12-8-14)24(27)28/h1-12,19-20H/t19-,20+/m0/s1. The summed E-state index contributed by atoms with van der Waals surface area (Å²) in [5, 5.41) is 11.3.